The fraction of sp³-hybridized carbons (Fsp3) is 0.267. The predicted octanol–water partition coefficient (Wildman–Crippen LogP) is 3.60. The van der Waals surface area contributed by atoms with Crippen molar-refractivity contribution < 1.29 is 13.5 Å². The lowest BCUT2D eigenvalue weighted by Gasteiger charge is -2.07. The van der Waals surface area contributed by atoms with Crippen molar-refractivity contribution in [1.82, 2.24) is 14.3 Å². The van der Waals surface area contributed by atoms with E-state index in [0.29, 0.717) is 31.7 Å². The molecule has 116 valence electrons. The quantitative estimate of drug-likeness (QED) is 0.621. The lowest BCUT2D eigenvalue weighted by molar-refractivity contribution is 0.117. The van der Waals surface area contributed by atoms with Gasteiger partial charge in [-0.15, -0.1) is 0 Å². The minimum Gasteiger partial charge on any atom is -0.378 e. The van der Waals surface area contributed by atoms with Gasteiger partial charge in [-0.05, 0) is 28.1 Å². The summed E-state index contributed by atoms with van der Waals surface area (Å²) in [6.45, 7) is 1.88. The maximum Gasteiger partial charge on any atom is 0.148 e. The van der Waals surface area contributed by atoms with E-state index < -0.39 is 11.6 Å². The average Bonchev–Trinajstić information content (AvgIpc) is 3.04. The number of rotatable bonds is 6. The third-order valence-corrected chi connectivity index (χ3v) is 3.75. The van der Waals surface area contributed by atoms with Crippen LogP contribution in [0.5, 0.6) is 0 Å². The van der Waals surface area contributed by atoms with Crippen molar-refractivity contribution in [1.29, 1.82) is 0 Å². The van der Waals surface area contributed by atoms with E-state index in [0.717, 1.165) is 4.47 Å². The summed E-state index contributed by atoms with van der Waals surface area (Å²) in [6, 6.07) is 4.40. The zero-order valence-electron chi connectivity index (χ0n) is 11.7. The van der Waals surface area contributed by atoms with Gasteiger partial charge in [-0.25, -0.2) is 8.78 Å². The Labute approximate surface area is 134 Å². The molecule has 0 radical (unpaired) electrons. The molecule has 0 unspecified atom stereocenters. The first kappa shape index (κ1) is 15.2. The highest BCUT2D eigenvalue weighted by atomic mass is 79.9. The van der Waals surface area contributed by atoms with Crippen LogP contribution in [0.25, 0.3) is 10.9 Å². The standard InChI is InChI=1S/C15H14BrF2N3O/c16-11-8-19-21(9-11)5-7-22-6-4-20-10-14(18)12-2-1-3-13(17)15(12)20/h1-3,8-10H,4-7H2. The Morgan fingerprint density at radius 2 is 1.91 bits per heavy atom. The summed E-state index contributed by atoms with van der Waals surface area (Å²) in [5.74, 6) is -0.848. The van der Waals surface area contributed by atoms with E-state index in [4.69, 9.17) is 4.74 Å². The zero-order valence-corrected chi connectivity index (χ0v) is 13.3. The largest absolute Gasteiger partial charge is 0.378 e. The van der Waals surface area contributed by atoms with Gasteiger partial charge in [0.1, 0.15) is 11.6 Å². The molecule has 0 amide bonds. The molecule has 3 rings (SSSR count). The molecule has 2 heterocycles. The van der Waals surface area contributed by atoms with Crippen molar-refractivity contribution in [3.05, 3.63) is 52.9 Å². The molecule has 0 atom stereocenters. The SMILES string of the molecule is Fc1cn(CCOCCn2cc(Br)cn2)c2c(F)cccc12. The van der Waals surface area contributed by atoms with Gasteiger partial charge in [-0.2, -0.15) is 5.10 Å². The Hall–Kier alpha value is -1.73. The van der Waals surface area contributed by atoms with E-state index in [1.54, 1.807) is 21.5 Å². The average molecular weight is 370 g/mol. The van der Waals surface area contributed by atoms with Crippen molar-refractivity contribution >= 4 is 26.8 Å². The van der Waals surface area contributed by atoms with Crippen LogP contribution in [0.4, 0.5) is 8.78 Å². The summed E-state index contributed by atoms with van der Waals surface area (Å²) in [7, 11) is 0. The number of hydrogen-bond acceptors (Lipinski definition) is 2. The first-order valence-corrected chi connectivity index (χ1v) is 7.63. The van der Waals surface area contributed by atoms with Gasteiger partial charge in [0.05, 0.1) is 35.9 Å². The topological polar surface area (TPSA) is 32.0 Å². The van der Waals surface area contributed by atoms with Gasteiger partial charge in [0.2, 0.25) is 0 Å². The number of para-hydroxylation sites is 1. The second-order valence-electron chi connectivity index (χ2n) is 4.84. The van der Waals surface area contributed by atoms with Crippen molar-refractivity contribution in [3.63, 3.8) is 0 Å². The molecule has 22 heavy (non-hydrogen) atoms. The van der Waals surface area contributed by atoms with E-state index >= 15 is 0 Å². The molecule has 7 heteroatoms. The molecule has 4 nitrogen and oxygen atoms in total. The molecule has 0 saturated heterocycles. The molecule has 0 N–H and O–H groups in total. The van der Waals surface area contributed by atoms with E-state index in [2.05, 4.69) is 21.0 Å². The smallest absolute Gasteiger partial charge is 0.148 e. The van der Waals surface area contributed by atoms with Crippen LogP contribution in [0, 0.1) is 11.6 Å². The normalized spacial score (nSPS) is 11.4. The number of nitrogens with zero attached hydrogens (tertiary/aromatic N) is 3. The van der Waals surface area contributed by atoms with Gasteiger partial charge in [0.25, 0.3) is 0 Å². The Kier molecular flexibility index (Phi) is 4.54. The van der Waals surface area contributed by atoms with E-state index in [9.17, 15) is 8.78 Å². The highest BCUT2D eigenvalue weighted by Gasteiger charge is 2.11. The van der Waals surface area contributed by atoms with Crippen LogP contribution in [0.3, 0.4) is 0 Å². The van der Waals surface area contributed by atoms with Crippen LogP contribution < -0.4 is 0 Å². The number of aromatic nitrogens is 3. The predicted molar refractivity (Wildman–Crippen MR) is 82.6 cm³/mol. The van der Waals surface area contributed by atoms with Crippen molar-refractivity contribution in [2.45, 2.75) is 13.1 Å². The second kappa shape index (κ2) is 6.58. The summed E-state index contributed by atoms with van der Waals surface area (Å²) >= 11 is 3.32. The maximum absolute atomic E-state index is 13.8. The number of hydrogen-bond donors (Lipinski definition) is 0. The fourth-order valence-electron chi connectivity index (χ4n) is 2.33. The van der Waals surface area contributed by atoms with Gasteiger partial charge >= 0.3 is 0 Å². The van der Waals surface area contributed by atoms with Gasteiger partial charge < -0.3 is 9.30 Å². The minimum atomic E-state index is -0.428. The fourth-order valence-corrected chi connectivity index (χ4v) is 2.66. The number of ether oxygens (including phenoxy) is 1. The molecule has 0 aliphatic rings. The number of benzene rings is 1. The first-order valence-electron chi connectivity index (χ1n) is 6.83. The molecule has 0 bridgehead atoms. The molecular formula is C15H14BrF2N3O. The molecule has 2 aromatic heterocycles. The van der Waals surface area contributed by atoms with Crippen molar-refractivity contribution in [2.24, 2.45) is 0 Å². The summed E-state index contributed by atoms with van der Waals surface area (Å²) in [5.41, 5.74) is 0.277. The maximum atomic E-state index is 13.8. The Bertz CT molecular complexity index is 784. The lowest BCUT2D eigenvalue weighted by Crippen LogP contribution is -2.10. The third-order valence-electron chi connectivity index (χ3n) is 3.34. The van der Waals surface area contributed by atoms with Gasteiger partial charge in [-0.1, -0.05) is 6.07 Å². The summed E-state index contributed by atoms with van der Waals surface area (Å²) in [4.78, 5) is 0. The second-order valence-corrected chi connectivity index (χ2v) is 5.76. The summed E-state index contributed by atoms with van der Waals surface area (Å²) in [5, 5.41) is 4.41. The van der Waals surface area contributed by atoms with Gasteiger partial charge in [0, 0.05) is 24.3 Å². The van der Waals surface area contributed by atoms with Crippen LogP contribution in [0.1, 0.15) is 0 Å². The highest BCUT2D eigenvalue weighted by molar-refractivity contribution is 9.10. The molecule has 0 aliphatic carbocycles. The van der Waals surface area contributed by atoms with Crippen LogP contribution in [-0.4, -0.2) is 27.6 Å². The molecular weight excluding hydrogens is 356 g/mol. The Balaban J connectivity index is 1.56. The monoisotopic (exact) mass is 369 g/mol. The molecule has 0 saturated carbocycles. The van der Waals surface area contributed by atoms with Crippen LogP contribution in [0.2, 0.25) is 0 Å². The van der Waals surface area contributed by atoms with Crippen molar-refractivity contribution in [2.75, 3.05) is 13.2 Å². The molecule has 0 spiro atoms. The van der Waals surface area contributed by atoms with Crippen LogP contribution in [-0.2, 0) is 17.8 Å². The zero-order chi connectivity index (χ0) is 15.5. The number of fused-ring (bicyclic) bond motifs is 1. The number of halogens is 3. The van der Waals surface area contributed by atoms with Gasteiger partial charge in [0.15, 0.2) is 0 Å². The lowest BCUT2D eigenvalue weighted by atomic mass is 10.2. The van der Waals surface area contributed by atoms with E-state index in [1.165, 1.54) is 18.3 Å². The molecule has 0 fully saturated rings. The molecule has 0 aliphatic heterocycles. The van der Waals surface area contributed by atoms with Crippen molar-refractivity contribution in [3.8, 4) is 0 Å². The Morgan fingerprint density at radius 3 is 2.68 bits per heavy atom. The van der Waals surface area contributed by atoms with Gasteiger partial charge in [-0.3, -0.25) is 4.68 Å². The summed E-state index contributed by atoms with van der Waals surface area (Å²) < 4.78 is 37.3. The van der Waals surface area contributed by atoms with Crippen LogP contribution in [0.15, 0.2) is 41.3 Å². The summed E-state index contributed by atoms with van der Waals surface area (Å²) in [6.07, 6.45) is 4.87. The molecule has 3 aromatic rings. The van der Waals surface area contributed by atoms with E-state index in [1.807, 2.05) is 6.20 Å². The minimum absolute atomic E-state index is 0.277. The van der Waals surface area contributed by atoms with E-state index in [-0.39, 0.29) is 5.52 Å². The Morgan fingerprint density at radius 1 is 1.09 bits per heavy atom. The first-order chi connectivity index (χ1) is 10.6. The molecule has 1 aromatic carbocycles. The van der Waals surface area contributed by atoms with Crippen LogP contribution >= 0.6 is 15.9 Å². The third kappa shape index (κ3) is 3.20. The highest BCUT2D eigenvalue weighted by Crippen LogP contribution is 2.22.